The molecule has 0 heterocycles. The van der Waals surface area contributed by atoms with Crippen molar-refractivity contribution in [3.05, 3.63) is 58.1 Å². The molecule has 2 rings (SSSR count). The predicted octanol–water partition coefficient (Wildman–Crippen LogP) is 4.44. The Balaban J connectivity index is 2.57. The maximum Gasteiger partial charge on any atom is 0.573 e. The molecule has 116 valence electrons. The molecule has 4 nitrogen and oxygen atoms in total. The van der Waals surface area contributed by atoms with Crippen molar-refractivity contribution in [3.63, 3.8) is 0 Å². The lowest BCUT2D eigenvalue weighted by Gasteiger charge is -2.10. The molecule has 0 saturated heterocycles. The minimum Gasteiger partial charge on any atom is -0.406 e. The smallest absolute Gasteiger partial charge is 0.406 e. The lowest BCUT2D eigenvalue weighted by atomic mass is 10.0. The van der Waals surface area contributed by atoms with Crippen molar-refractivity contribution in [3.8, 4) is 16.9 Å². The highest BCUT2D eigenvalue weighted by molar-refractivity contribution is 5.75. The zero-order chi connectivity index (χ0) is 16.5. The average Bonchev–Trinajstić information content (AvgIpc) is 2.40. The Labute approximate surface area is 119 Å². The molecule has 0 unspecified atom stereocenters. The number of nitro groups is 1. The standard InChI is InChI=1S/C13H6F5NO3/c14-10-3-1-2-9(12(10)15)8-5-4-7(22-13(16,17)18)6-11(8)19(20)21/h1-6H. The normalized spacial score (nSPS) is 11.3. The van der Waals surface area contributed by atoms with Crippen LogP contribution in [0.4, 0.5) is 27.6 Å². The van der Waals surface area contributed by atoms with Gasteiger partial charge >= 0.3 is 6.36 Å². The lowest BCUT2D eigenvalue weighted by Crippen LogP contribution is -2.17. The van der Waals surface area contributed by atoms with E-state index in [-0.39, 0.29) is 5.56 Å². The van der Waals surface area contributed by atoms with Crippen molar-refractivity contribution in [1.82, 2.24) is 0 Å². The van der Waals surface area contributed by atoms with Crippen molar-refractivity contribution in [2.24, 2.45) is 0 Å². The minimum atomic E-state index is -5.03. The Morgan fingerprint density at radius 1 is 1.05 bits per heavy atom. The van der Waals surface area contributed by atoms with Crippen LogP contribution in [0, 0.1) is 21.7 Å². The van der Waals surface area contributed by atoms with Crippen LogP contribution in [0.2, 0.25) is 0 Å². The summed E-state index contributed by atoms with van der Waals surface area (Å²) in [5.41, 5.74) is -1.65. The number of alkyl halides is 3. The van der Waals surface area contributed by atoms with E-state index in [9.17, 15) is 32.1 Å². The van der Waals surface area contributed by atoms with Gasteiger partial charge in [0, 0.05) is 5.56 Å². The molecular formula is C13H6F5NO3. The first-order chi connectivity index (χ1) is 10.2. The van der Waals surface area contributed by atoms with E-state index in [4.69, 9.17) is 0 Å². The van der Waals surface area contributed by atoms with Crippen LogP contribution in [-0.2, 0) is 0 Å². The summed E-state index contributed by atoms with van der Waals surface area (Å²) in [6.07, 6.45) is -5.03. The molecule has 0 bridgehead atoms. The van der Waals surface area contributed by atoms with E-state index in [0.29, 0.717) is 6.07 Å². The van der Waals surface area contributed by atoms with E-state index in [0.717, 1.165) is 30.3 Å². The number of halogens is 5. The molecule has 0 fully saturated rings. The fourth-order valence-electron chi connectivity index (χ4n) is 1.80. The highest BCUT2D eigenvalue weighted by atomic mass is 19.4. The van der Waals surface area contributed by atoms with Crippen molar-refractivity contribution >= 4 is 5.69 Å². The van der Waals surface area contributed by atoms with Crippen LogP contribution in [-0.4, -0.2) is 11.3 Å². The summed E-state index contributed by atoms with van der Waals surface area (Å²) in [6.45, 7) is 0. The second-order valence-electron chi connectivity index (χ2n) is 4.09. The summed E-state index contributed by atoms with van der Waals surface area (Å²) in [4.78, 5) is 9.95. The van der Waals surface area contributed by atoms with E-state index in [2.05, 4.69) is 4.74 Å². The summed E-state index contributed by atoms with van der Waals surface area (Å²) in [5, 5.41) is 11.0. The van der Waals surface area contributed by atoms with Gasteiger partial charge in [0.2, 0.25) is 0 Å². The zero-order valence-corrected chi connectivity index (χ0v) is 10.5. The molecule has 22 heavy (non-hydrogen) atoms. The number of nitrogens with zero attached hydrogens (tertiary/aromatic N) is 1. The van der Waals surface area contributed by atoms with E-state index in [1.807, 2.05) is 0 Å². The minimum absolute atomic E-state index is 0.364. The van der Waals surface area contributed by atoms with Gasteiger partial charge in [0.25, 0.3) is 5.69 Å². The number of rotatable bonds is 3. The molecule has 0 saturated carbocycles. The molecule has 0 aromatic heterocycles. The van der Waals surface area contributed by atoms with Gasteiger partial charge < -0.3 is 4.74 Å². The topological polar surface area (TPSA) is 52.4 Å². The van der Waals surface area contributed by atoms with Gasteiger partial charge in [-0.3, -0.25) is 10.1 Å². The molecule has 0 spiro atoms. The molecule has 0 N–H and O–H groups in total. The number of hydrogen-bond donors (Lipinski definition) is 0. The highest BCUT2D eigenvalue weighted by Gasteiger charge is 2.32. The highest BCUT2D eigenvalue weighted by Crippen LogP contribution is 2.36. The van der Waals surface area contributed by atoms with Crippen molar-refractivity contribution in [2.75, 3.05) is 0 Å². The molecular weight excluding hydrogens is 313 g/mol. The second-order valence-corrected chi connectivity index (χ2v) is 4.09. The summed E-state index contributed by atoms with van der Waals surface area (Å²) in [5.74, 6) is -3.41. The summed E-state index contributed by atoms with van der Waals surface area (Å²) >= 11 is 0. The first-order valence-corrected chi connectivity index (χ1v) is 5.67. The van der Waals surface area contributed by atoms with Crippen LogP contribution < -0.4 is 4.74 Å². The molecule has 0 aliphatic heterocycles. The van der Waals surface area contributed by atoms with Gasteiger partial charge in [0.15, 0.2) is 11.6 Å². The SMILES string of the molecule is O=[N+]([O-])c1cc(OC(F)(F)F)ccc1-c1cccc(F)c1F. The van der Waals surface area contributed by atoms with Gasteiger partial charge in [-0.05, 0) is 18.2 Å². The first kappa shape index (κ1) is 15.7. The van der Waals surface area contributed by atoms with Crippen molar-refractivity contribution in [1.29, 1.82) is 0 Å². The van der Waals surface area contributed by atoms with Crippen LogP contribution in [0.1, 0.15) is 0 Å². The third-order valence-corrected chi connectivity index (χ3v) is 2.64. The third-order valence-electron chi connectivity index (χ3n) is 2.64. The molecule has 9 heteroatoms. The van der Waals surface area contributed by atoms with Gasteiger partial charge in [-0.2, -0.15) is 0 Å². The fraction of sp³-hybridized carbons (Fsp3) is 0.0769. The van der Waals surface area contributed by atoms with Crippen LogP contribution in [0.5, 0.6) is 5.75 Å². The number of nitro benzene ring substituents is 1. The second kappa shape index (κ2) is 5.58. The van der Waals surface area contributed by atoms with Crippen molar-refractivity contribution in [2.45, 2.75) is 6.36 Å². The molecule has 0 radical (unpaired) electrons. The quantitative estimate of drug-likeness (QED) is 0.477. The fourth-order valence-corrected chi connectivity index (χ4v) is 1.80. The van der Waals surface area contributed by atoms with Crippen LogP contribution in [0.15, 0.2) is 36.4 Å². The summed E-state index contributed by atoms with van der Waals surface area (Å²) < 4.78 is 66.8. The maximum absolute atomic E-state index is 13.7. The van der Waals surface area contributed by atoms with Crippen LogP contribution >= 0.6 is 0 Å². The third kappa shape index (κ3) is 3.30. The maximum atomic E-state index is 13.7. The molecule has 0 aliphatic carbocycles. The average molecular weight is 319 g/mol. The molecule has 2 aromatic carbocycles. The Morgan fingerprint density at radius 3 is 2.32 bits per heavy atom. The molecule has 0 amide bonds. The van der Waals surface area contributed by atoms with Crippen LogP contribution in [0.3, 0.4) is 0 Å². The summed E-state index contributed by atoms with van der Waals surface area (Å²) in [6, 6.07) is 5.14. The molecule has 2 aromatic rings. The monoisotopic (exact) mass is 319 g/mol. The zero-order valence-electron chi connectivity index (χ0n) is 10.5. The van der Waals surface area contributed by atoms with Gasteiger partial charge in [-0.15, -0.1) is 13.2 Å². The Morgan fingerprint density at radius 2 is 1.73 bits per heavy atom. The van der Waals surface area contributed by atoms with Gasteiger partial charge in [-0.1, -0.05) is 12.1 Å². The lowest BCUT2D eigenvalue weighted by molar-refractivity contribution is -0.384. The Bertz CT molecular complexity index is 730. The van der Waals surface area contributed by atoms with Crippen molar-refractivity contribution < 1.29 is 31.6 Å². The van der Waals surface area contributed by atoms with E-state index in [1.54, 1.807) is 0 Å². The Kier molecular flexibility index (Phi) is 3.98. The number of ether oxygens (including phenoxy) is 1. The van der Waals surface area contributed by atoms with E-state index < -0.39 is 39.9 Å². The first-order valence-electron chi connectivity index (χ1n) is 5.67. The van der Waals surface area contributed by atoms with E-state index in [1.165, 1.54) is 0 Å². The number of hydrogen-bond acceptors (Lipinski definition) is 3. The predicted molar refractivity (Wildman–Crippen MR) is 65.1 cm³/mol. The number of benzene rings is 2. The van der Waals surface area contributed by atoms with Crippen LogP contribution in [0.25, 0.3) is 11.1 Å². The largest absolute Gasteiger partial charge is 0.573 e. The van der Waals surface area contributed by atoms with E-state index >= 15 is 0 Å². The summed E-state index contributed by atoms with van der Waals surface area (Å²) in [7, 11) is 0. The molecule has 0 aliphatic rings. The van der Waals surface area contributed by atoms with Gasteiger partial charge in [0.05, 0.1) is 16.6 Å². The van der Waals surface area contributed by atoms with Gasteiger partial charge in [0.1, 0.15) is 5.75 Å². The molecule has 0 atom stereocenters. The Hall–Kier alpha value is -2.71. The van der Waals surface area contributed by atoms with Gasteiger partial charge in [-0.25, -0.2) is 8.78 Å².